The van der Waals surface area contributed by atoms with E-state index in [1.807, 2.05) is 30.3 Å². The molecule has 0 saturated heterocycles. The average molecular weight is 301 g/mol. The second-order valence-corrected chi connectivity index (χ2v) is 5.21. The third-order valence-corrected chi connectivity index (χ3v) is 3.87. The number of carbonyl (C=O) groups is 1. The minimum Gasteiger partial charge on any atom is -0.420 e. The molecular weight excluding hydrogens is 282 g/mol. The molecule has 116 valence electrons. The van der Waals surface area contributed by atoms with Crippen molar-refractivity contribution in [1.82, 2.24) is 14.9 Å². The largest absolute Gasteiger partial charge is 0.420 e. The Bertz CT molecular complexity index is 641. The number of nitrogens with zero attached hydrogens (tertiary/aromatic N) is 2. The molecule has 0 radical (unpaired) electrons. The summed E-state index contributed by atoms with van der Waals surface area (Å²) in [6.07, 6.45) is 1.43. The molecular formula is C16H19N3O3. The van der Waals surface area contributed by atoms with Crippen LogP contribution in [0.1, 0.15) is 29.9 Å². The molecule has 22 heavy (non-hydrogen) atoms. The van der Waals surface area contributed by atoms with Crippen molar-refractivity contribution >= 4 is 6.09 Å². The molecule has 6 nitrogen and oxygen atoms in total. The second-order valence-electron chi connectivity index (χ2n) is 5.21. The number of aromatic nitrogens is 2. The molecule has 2 atom stereocenters. The molecule has 0 saturated carbocycles. The molecule has 0 fully saturated rings. The number of H-pyrrole nitrogens is 1. The van der Waals surface area contributed by atoms with Gasteiger partial charge in [0.05, 0.1) is 12.0 Å². The van der Waals surface area contributed by atoms with Gasteiger partial charge < -0.3 is 14.5 Å². The first-order valence-electron chi connectivity index (χ1n) is 7.28. The number of nitrogens with one attached hydrogen (secondary N) is 1. The highest BCUT2D eigenvalue weighted by Crippen LogP contribution is 2.33. The molecule has 3 rings (SSSR count). The van der Waals surface area contributed by atoms with Crippen LogP contribution < -0.4 is 0 Å². The Morgan fingerprint density at radius 3 is 2.91 bits per heavy atom. The molecule has 1 aliphatic heterocycles. The van der Waals surface area contributed by atoms with Crippen LogP contribution in [0.25, 0.3) is 0 Å². The van der Waals surface area contributed by atoms with Crippen LogP contribution >= 0.6 is 0 Å². The van der Waals surface area contributed by atoms with E-state index < -0.39 is 12.4 Å². The van der Waals surface area contributed by atoms with Gasteiger partial charge in [-0.25, -0.2) is 9.78 Å². The van der Waals surface area contributed by atoms with Crippen LogP contribution in [0.4, 0.5) is 4.79 Å². The van der Waals surface area contributed by atoms with Gasteiger partial charge in [0.25, 0.3) is 0 Å². The molecule has 2 aromatic rings. The molecule has 2 heterocycles. The summed E-state index contributed by atoms with van der Waals surface area (Å²) in [5.41, 5.74) is 2.95. The van der Waals surface area contributed by atoms with Crippen molar-refractivity contribution in [3.8, 4) is 0 Å². The van der Waals surface area contributed by atoms with Gasteiger partial charge in [-0.2, -0.15) is 0 Å². The lowest BCUT2D eigenvalue weighted by atomic mass is 9.96. The van der Waals surface area contributed by atoms with E-state index in [0.29, 0.717) is 6.54 Å². The predicted molar refractivity (Wildman–Crippen MR) is 80.2 cm³/mol. The lowest BCUT2D eigenvalue weighted by Gasteiger charge is -2.34. The molecule has 0 aliphatic carbocycles. The van der Waals surface area contributed by atoms with Crippen LogP contribution in [0.15, 0.2) is 36.7 Å². The van der Waals surface area contributed by atoms with E-state index in [2.05, 4.69) is 9.97 Å². The van der Waals surface area contributed by atoms with Crippen LogP contribution in [0, 0.1) is 0 Å². The number of carbonyl (C=O) groups excluding carboxylic acids is 1. The Morgan fingerprint density at radius 1 is 1.41 bits per heavy atom. The summed E-state index contributed by atoms with van der Waals surface area (Å²) < 4.78 is 10.3. The highest BCUT2D eigenvalue weighted by molar-refractivity contribution is 5.69. The van der Waals surface area contributed by atoms with Gasteiger partial charge >= 0.3 is 6.09 Å². The summed E-state index contributed by atoms with van der Waals surface area (Å²) >= 11 is 0. The number of hydrogen-bond acceptors (Lipinski definition) is 4. The van der Waals surface area contributed by atoms with Gasteiger partial charge in [-0.3, -0.25) is 4.90 Å². The van der Waals surface area contributed by atoms with Crippen molar-refractivity contribution in [3.05, 3.63) is 53.6 Å². The van der Waals surface area contributed by atoms with E-state index in [4.69, 9.17) is 9.47 Å². The number of imidazole rings is 1. The summed E-state index contributed by atoms with van der Waals surface area (Å²) in [6.45, 7) is 2.27. The number of amides is 1. The number of aromatic amines is 1. The van der Waals surface area contributed by atoms with Gasteiger partial charge in [-0.15, -0.1) is 0 Å². The van der Waals surface area contributed by atoms with Crippen molar-refractivity contribution in [3.63, 3.8) is 0 Å². The number of hydrogen-bond donors (Lipinski definition) is 1. The highest BCUT2D eigenvalue weighted by Gasteiger charge is 2.35. The van der Waals surface area contributed by atoms with E-state index in [-0.39, 0.29) is 6.04 Å². The quantitative estimate of drug-likeness (QED) is 0.884. The van der Waals surface area contributed by atoms with Crippen LogP contribution in [0.2, 0.25) is 0 Å². The van der Waals surface area contributed by atoms with E-state index >= 15 is 0 Å². The van der Waals surface area contributed by atoms with E-state index in [1.165, 1.54) is 7.11 Å². The lowest BCUT2D eigenvalue weighted by Crippen LogP contribution is -2.42. The molecule has 1 amide bonds. The predicted octanol–water partition coefficient (Wildman–Crippen LogP) is 2.49. The molecule has 0 spiro atoms. The fraction of sp³-hybridized carbons (Fsp3) is 0.375. The van der Waals surface area contributed by atoms with E-state index in [9.17, 15) is 4.79 Å². The van der Waals surface area contributed by atoms with Gasteiger partial charge in [-0.05, 0) is 12.5 Å². The van der Waals surface area contributed by atoms with Gasteiger partial charge in [-0.1, -0.05) is 30.3 Å². The lowest BCUT2D eigenvalue weighted by molar-refractivity contribution is -0.0803. The summed E-state index contributed by atoms with van der Waals surface area (Å²) in [5, 5.41) is 0. The van der Waals surface area contributed by atoms with Crippen LogP contribution in [0.3, 0.4) is 0 Å². The average Bonchev–Trinajstić information content (AvgIpc) is 3.03. The molecule has 6 heteroatoms. The van der Waals surface area contributed by atoms with Crippen molar-refractivity contribution < 1.29 is 14.3 Å². The van der Waals surface area contributed by atoms with Gasteiger partial charge in [0.15, 0.2) is 0 Å². The number of fused-ring (bicyclic) bond motifs is 1. The minimum absolute atomic E-state index is 0.243. The zero-order valence-electron chi connectivity index (χ0n) is 12.7. The Kier molecular flexibility index (Phi) is 4.11. The third kappa shape index (κ3) is 2.69. The summed E-state index contributed by atoms with van der Waals surface area (Å²) in [7, 11) is 1.51. The van der Waals surface area contributed by atoms with E-state index in [0.717, 1.165) is 23.4 Å². The van der Waals surface area contributed by atoms with Gasteiger partial charge in [0.1, 0.15) is 6.04 Å². The van der Waals surface area contributed by atoms with Crippen molar-refractivity contribution in [1.29, 1.82) is 0 Å². The zero-order valence-corrected chi connectivity index (χ0v) is 12.7. The highest BCUT2D eigenvalue weighted by atomic mass is 16.7. The fourth-order valence-electron chi connectivity index (χ4n) is 2.70. The van der Waals surface area contributed by atoms with Gasteiger partial charge in [0.2, 0.25) is 6.29 Å². The number of benzene rings is 1. The monoisotopic (exact) mass is 301 g/mol. The number of ether oxygens (including phenoxy) is 2. The Morgan fingerprint density at radius 2 is 2.18 bits per heavy atom. The maximum atomic E-state index is 12.5. The molecule has 1 aromatic heterocycles. The number of methoxy groups -OCH3 is 1. The van der Waals surface area contributed by atoms with E-state index in [1.54, 1.807) is 18.2 Å². The van der Waals surface area contributed by atoms with Crippen molar-refractivity contribution in [2.24, 2.45) is 0 Å². The minimum atomic E-state index is -0.579. The first-order chi connectivity index (χ1) is 10.7. The van der Waals surface area contributed by atoms with Gasteiger partial charge in [0, 0.05) is 25.8 Å². The SMILES string of the molecule is COC(C)OC(=O)N1CCc2[nH]cnc2C1c1ccccc1. The Labute approximate surface area is 129 Å². The zero-order chi connectivity index (χ0) is 15.5. The second kappa shape index (κ2) is 6.19. The summed E-state index contributed by atoms with van der Waals surface area (Å²) in [6, 6.07) is 9.61. The molecule has 1 aliphatic rings. The first-order valence-corrected chi connectivity index (χ1v) is 7.28. The Balaban J connectivity index is 1.94. The van der Waals surface area contributed by atoms with Crippen molar-refractivity contribution in [2.45, 2.75) is 25.7 Å². The number of rotatable bonds is 3. The smallest absolute Gasteiger partial charge is 0.412 e. The van der Waals surface area contributed by atoms with Crippen molar-refractivity contribution in [2.75, 3.05) is 13.7 Å². The fourth-order valence-corrected chi connectivity index (χ4v) is 2.70. The maximum absolute atomic E-state index is 12.5. The first kappa shape index (κ1) is 14.6. The molecule has 0 bridgehead atoms. The topological polar surface area (TPSA) is 67.5 Å². The molecule has 1 N–H and O–H groups in total. The Hall–Kier alpha value is -2.34. The third-order valence-electron chi connectivity index (χ3n) is 3.87. The summed E-state index contributed by atoms with van der Waals surface area (Å²) in [5.74, 6) is 0. The summed E-state index contributed by atoms with van der Waals surface area (Å²) in [4.78, 5) is 21.7. The molecule has 1 aromatic carbocycles. The normalized spacial score (nSPS) is 18.6. The van der Waals surface area contributed by atoms with Crippen LogP contribution in [0.5, 0.6) is 0 Å². The molecule has 2 unspecified atom stereocenters. The maximum Gasteiger partial charge on any atom is 0.412 e. The van der Waals surface area contributed by atoms with Crippen LogP contribution in [-0.4, -0.2) is 40.9 Å². The standard InChI is InChI=1S/C16H19N3O3/c1-11(21-2)22-16(20)19-9-8-13-14(18-10-17-13)15(19)12-6-4-3-5-7-12/h3-7,10-11,15H,8-9H2,1-2H3,(H,17,18). The van der Waals surface area contributed by atoms with Crippen LogP contribution in [-0.2, 0) is 15.9 Å².